The second-order valence-corrected chi connectivity index (χ2v) is 5.30. The lowest BCUT2D eigenvalue weighted by Gasteiger charge is -2.21. The average Bonchev–Trinajstić information content (AvgIpc) is 1.82. The molecule has 0 atom stereocenters. The monoisotopic (exact) mass is 295 g/mol. The number of halogens is 2. The van der Waals surface area contributed by atoms with Gasteiger partial charge in [-0.15, -0.1) is 0 Å². The third-order valence-electron chi connectivity index (χ3n) is 1.60. The van der Waals surface area contributed by atoms with Crippen molar-refractivity contribution in [3.05, 3.63) is 26.5 Å². The Morgan fingerprint density at radius 3 is 2.25 bits per heavy atom. The van der Waals surface area contributed by atoms with E-state index >= 15 is 0 Å². The Labute approximate surface area is 91.7 Å². The summed E-state index contributed by atoms with van der Waals surface area (Å²) in [5, 5.41) is 0.759. The number of hydrogen-bond acceptors (Lipinski definition) is 1. The molecule has 0 aliphatic carbocycles. The number of nitrogens with zero attached hydrogens (tertiary/aromatic N) is 1. The lowest BCUT2D eigenvalue weighted by Crippen LogP contribution is -2.14. The van der Waals surface area contributed by atoms with Crippen molar-refractivity contribution in [2.75, 3.05) is 0 Å². The number of aromatic nitrogens is 1. The molecule has 0 aliphatic heterocycles. The highest BCUT2D eigenvalue weighted by molar-refractivity contribution is 14.1. The molecule has 1 heterocycles. The Hall–Kier alpha value is 0.170. The van der Waals surface area contributed by atoms with Crippen LogP contribution in [0.4, 0.5) is 0 Å². The fourth-order valence-corrected chi connectivity index (χ4v) is 2.99. The molecule has 0 saturated carbocycles. The Balaban J connectivity index is 3.31. The Morgan fingerprint density at radius 2 is 1.92 bits per heavy atom. The highest BCUT2D eigenvalue weighted by atomic mass is 127. The lowest BCUT2D eigenvalue weighted by molar-refractivity contribution is 0.586. The van der Waals surface area contributed by atoms with Crippen LogP contribution in [0.1, 0.15) is 26.3 Å². The van der Waals surface area contributed by atoms with Gasteiger partial charge in [-0.05, 0) is 33.6 Å². The minimum Gasteiger partial charge on any atom is -0.262 e. The third-order valence-corrected chi connectivity index (χ3v) is 2.71. The molecule has 0 aliphatic rings. The van der Waals surface area contributed by atoms with E-state index in [0.717, 1.165) is 8.59 Å². The molecule has 1 nitrogen and oxygen atoms in total. The van der Waals surface area contributed by atoms with E-state index in [-0.39, 0.29) is 5.41 Å². The molecule has 1 aromatic rings. The summed E-state index contributed by atoms with van der Waals surface area (Å²) in [5.74, 6) is 0. The quantitative estimate of drug-likeness (QED) is 0.666. The van der Waals surface area contributed by atoms with Crippen LogP contribution in [0.25, 0.3) is 0 Å². The van der Waals surface area contributed by atoms with Crippen molar-refractivity contribution < 1.29 is 0 Å². The van der Waals surface area contributed by atoms with Gasteiger partial charge in [0, 0.05) is 16.0 Å². The fourth-order valence-electron chi connectivity index (χ4n) is 1.13. The molecule has 0 amide bonds. The van der Waals surface area contributed by atoms with Gasteiger partial charge in [-0.2, -0.15) is 0 Å². The zero-order valence-electron chi connectivity index (χ0n) is 7.36. The highest BCUT2D eigenvalue weighted by Gasteiger charge is 2.20. The highest BCUT2D eigenvalue weighted by Crippen LogP contribution is 2.32. The van der Waals surface area contributed by atoms with Crippen molar-refractivity contribution >= 4 is 34.2 Å². The first kappa shape index (κ1) is 10.3. The molecule has 0 bridgehead atoms. The Kier molecular flexibility index (Phi) is 2.99. The summed E-state index contributed by atoms with van der Waals surface area (Å²) in [6, 6.07) is 0. The third kappa shape index (κ3) is 2.10. The van der Waals surface area contributed by atoms with Crippen molar-refractivity contribution in [2.24, 2.45) is 0 Å². The summed E-state index contributed by atoms with van der Waals surface area (Å²) in [6.45, 7) is 6.45. The first-order valence-corrected chi connectivity index (χ1v) is 5.18. The number of hydrogen-bond donors (Lipinski definition) is 0. The van der Waals surface area contributed by atoms with Gasteiger partial charge in [0.2, 0.25) is 0 Å². The molecule has 0 N–H and O–H groups in total. The minimum absolute atomic E-state index is 0.0938. The standard InChI is InChI=1S/C9H11ClIN/c1-9(2,3)8-6(10)4-12-5-7(8)11/h4-5H,1-3H3. The van der Waals surface area contributed by atoms with Gasteiger partial charge >= 0.3 is 0 Å². The molecule has 12 heavy (non-hydrogen) atoms. The van der Waals surface area contributed by atoms with E-state index < -0.39 is 0 Å². The zero-order valence-corrected chi connectivity index (χ0v) is 10.3. The van der Waals surface area contributed by atoms with Crippen LogP contribution >= 0.6 is 34.2 Å². The average molecular weight is 296 g/mol. The van der Waals surface area contributed by atoms with Crippen LogP contribution in [0, 0.1) is 3.57 Å². The maximum atomic E-state index is 6.05. The second-order valence-electron chi connectivity index (χ2n) is 3.73. The van der Waals surface area contributed by atoms with Gasteiger partial charge in [-0.3, -0.25) is 4.98 Å². The van der Waals surface area contributed by atoms with Crippen LogP contribution in [0.15, 0.2) is 12.4 Å². The van der Waals surface area contributed by atoms with Gasteiger partial charge in [0.1, 0.15) is 0 Å². The molecule has 66 valence electrons. The lowest BCUT2D eigenvalue weighted by atomic mass is 9.88. The summed E-state index contributed by atoms with van der Waals surface area (Å²) < 4.78 is 1.13. The van der Waals surface area contributed by atoms with Crippen molar-refractivity contribution in [1.29, 1.82) is 0 Å². The van der Waals surface area contributed by atoms with E-state index in [1.165, 1.54) is 5.56 Å². The van der Waals surface area contributed by atoms with E-state index in [4.69, 9.17) is 11.6 Å². The van der Waals surface area contributed by atoms with Crippen molar-refractivity contribution in [2.45, 2.75) is 26.2 Å². The van der Waals surface area contributed by atoms with Gasteiger partial charge in [0.05, 0.1) is 5.02 Å². The van der Waals surface area contributed by atoms with Crippen molar-refractivity contribution in [3.8, 4) is 0 Å². The topological polar surface area (TPSA) is 12.9 Å². The number of rotatable bonds is 0. The maximum Gasteiger partial charge on any atom is 0.0637 e. The molecular weight excluding hydrogens is 284 g/mol. The first-order valence-electron chi connectivity index (χ1n) is 3.72. The summed E-state index contributed by atoms with van der Waals surface area (Å²) in [7, 11) is 0. The largest absolute Gasteiger partial charge is 0.262 e. The van der Waals surface area contributed by atoms with Crippen molar-refractivity contribution in [3.63, 3.8) is 0 Å². The van der Waals surface area contributed by atoms with Gasteiger partial charge < -0.3 is 0 Å². The first-order chi connectivity index (χ1) is 5.43. The van der Waals surface area contributed by atoms with Crippen LogP contribution in [-0.2, 0) is 5.41 Å². The van der Waals surface area contributed by atoms with E-state index in [1.54, 1.807) is 6.20 Å². The number of pyridine rings is 1. The van der Waals surface area contributed by atoms with Crippen LogP contribution < -0.4 is 0 Å². The molecule has 0 saturated heterocycles. The van der Waals surface area contributed by atoms with Crippen molar-refractivity contribution in [1.82, 2.24) is 4.98 Å². The molecule has 1 rings (SSSR count). The van der Waals surface area contributed by atoms with Crippen LogP contribution in [-0.4, -0.2) is 4.98 Å². The van der Waals surface area contributed by atoms with Crippen LogP contribution in [0.5, 0.6) is 0 Å². The van der Waals surface area contributed by atoms with Gasteiger partial charge in [-0.1, -0.05) is 32.4 Å². The smallest absolute Gasteiger partial charge is 0.0637 e. The molecule has 1 aromatic heterocycles. The van der Waals surface area contributed by atoms with E-state index in [2.05, 4.69) is 48.3 Å². The Bertz CT molecular complexity index is 271. The summed E-state index contributed by atoms with van der Waals surface area (Å²) in [5.41, 5.74) is 1.27. The van der Waals surface area contributed by atoms with E-state index in [0.29, 0.717) is 0 Å². The second kappa shape index (κ2) is 3.50. The van der Waals surface area contributed by atoms with Gasteiger partial charge in [-0.25, -0.2) is 0 Å². The Morgan fingerprint density at radius 1 is 1.33 bits per heavy atom. The summed E-state index contributed by atoms with van der Waals surface area (Å²) in [6.07, 6.45) is 3.54. The summed E-state index contributed by atoms with van der Waals surface area (Å²) in [4.78, 5) is 4.02. The normalized spacial score (nSPS) is 11.8. The summed E-state index contributed by atoms with van der Waals surface area (Å²) >= 11 is 8.31. The SMILES string of the molecule is CC(C)(C)c1c(Cl)cncc1I. The molecule has 0 fully saturated rings. The minimum atomic E-state index is 0.0938. The molecule has 0 aromatic carbocycles. The molecule has 3 heteroatoms. The van der Waals surface area contributed by atoms with E-state index in [1.807, 2.05) is 6.20 Å². The molecular formula is C9H11ClIN. The van der Waals surface area contributed by atoms with Gasteiger partial charge in [0.25, 0.3) is 0 Å². The molecule has 0 spiro atoms. The predicted octanol–water partition coefficient (Wildman–Crippen LogP) is 3.64. The molecule has 0 radical (unpaired) electrons. The fraction of sp³-hybridized carbons (Fsp3) is 0.444. The maximum absolute atomic E-state index is 6.05. The zero-order chi connectivity index (χ0) is 9.35. The molecule has 0 unspecified atom stereocenters. The van der Waals surface area contributed by atoms with E-state index in [9.17, 15) is 0 Å². The predicted molar refractivity (Wildman–Crippen MR) is 60.7 cm³/mol. The van der Waals surface area contributed by atoms with Gasteiger partial charge in [0.15, 0.2) is 0 Å². The van der Waals surface area contributed by atoms with Crippen LogP contribution in [0.3, 0.4) is 0 Å². The van der Waals surface area contributed by atoms with Crippen LogP contribution in [0.2, 0.25) is 5.02 Å².